The second kappa shape index (κ2) is 5.30. The number of hydrogen-bond acceptors (Lipinski definition) is 4. The zero-order valence-electron chi connectivity index (χ0n) is 11.2. The molecule has 2 heterocycles. The Morgan fingerprint density at radius 2 is 2.47 bits per heavy atom. The van der Waals surface area contributed by atoms with Crippen LogP contribution in [-0.2, 0) is 23.1 Å². The molecule has 0 aromatic carbocycles. The van der Waals surface area contributed by atoms with E-state index >= 15 is 0 Å². The van der Waals surface area contributed by atoms with Crippen molar-refractivity contribution in [2.24, 2.45) is 7.05 Å². The molecular formula is C13H20N4O2. The van der Waals surface area contributed by atoms with Gasteiger partial charge in [0.05, 0.1) is 19.8 Å². The van der Waals surface area contributed by atoms with Crippen LogP contribution in [0.1, 0.15) is 18.7 Å². The van der Waals surface area contributed by atoms with Gasteiger partial charge in [0.1, 0.15) is 11.9 Å². The molecule has 3 rings (SSSR count). The molecule has 1 aromatic rings. The van der Waals surface area contributed by atoms with Gasteiger partial charge in [-0.3, -0.25) is 4.79 Å². The van der Waals surface area contributed by atoms with Crippen molar-refractivity contribution >= 4 is 5.91 Å². The third-order valence-electron chi connectivity index (χ3n) is 3.72. The third kappa shape index (κ3) is 2.79. The Morgan fingerprint density at radius 1 is 1.63 bits per heavy atom. The van der Waals surface area contributed by atoms with Crippen LogP contribution in [0.5, 0.6) is 0 Å². The molecule has 6 heteroatoms. The molecule has 1 amide bonds. The van der Waals surface area contributed by atoms with Gasteiger partial charge < -0.3 is 19.5 Å². The lowest BCUT2D eigenvalue weighted by Crippen LogP contribution is -2.53. The summed E-state index contributed by atoms with van der Waals surface area (Å²) in [4.78, 5) is 18.8. The quantitative estimate of drug-likeness (QED) is 0.825. The molecule has 2 aliphatic rings. The smallest absolute Gasteiger partial charge is 0.242 e. The van der Waals surface area contributed by atoms with E-state index in [1.807, 2.05) is 22.7 Å². The number of morpholine rings is 1. The number of hydrogen-bond donors (Lipinski definition) is 1. The van der Waals surface area contributed by atoms with Crippen LogP contribution in [0, 0.1) is 0 Å². The maximum atomic E-state index is 12.6. The largest absolute Gasteiger partial charge is 0.378 e. The minimum Gasteiger partial charge on any atom is -0.378 e. The predicted octanol–water partition coefficient (Wildman–Crippen LogP) is -0.100. The first-order valence-corrected chi connectivity index (χ1v) is 6.83. The summed E-state index contributed by atoms with van der Waals surface area (Å²) in [6.07, 6.45) is 5.88. The highest BCUT2D eigenvalue weighted by molar-refractivity contribution is 5.82. The zero-order chi connectivity index (χ0) is 13.2. The molecule has 1 aromatic heterocycles. The summed E-state index contributed by atoms with van der Waals surface area (Å²) in [5, 5.41) is 3.23. The standard InChI is InChI=1S/C13H20N4O2/c1-16-6-4-15-12(16)8-17(10-2-3-10)13(18)11-9-19-7-5-14-11/h4,6,10-11,14H,2-3,5,7-9H2,1H3. The van der Waals surface area contributed by atoms with E-state index in [0.717, 1.165) is 25.2 Å². The fraction of sp³-hybridized carbons (Fsp3) is 0.692. The van der Waals surface area contributed by atoms with Gasteiger partial charge in [0, 0.05) is 32.0 Å². The minimum atomic E-state index is -0.199. The molecule has 0 spiro atoms. The van der Waals surface area contributed by atoms with Crippen molar-refractivity contribution in [3.05, 3.63) is 18.2 Å². The Labute approximate surface area is 112 Å². The summed E-state index contributed by atoms with van der Waals surface area (Å²) in [6, 6.07) is 0.183. The number of imidazole rings is 1. The van der Waals surface area contributed by atoms with E-state index in [4.69, 9.17) is 4.74 Å². The summed E-state index contributed by atoms with van der Waals surface area (Å²) >= 11 is 0. The number of carbonyl (C=O) groups excluding carboxylic acids is 1. The summed E-state index contributed by atoms with van der Waals surface area (Å²) < 4.78 is 7.35. The second-order valence-electron chi connectivity index (χ2n) is 5.23. The van der Waals surface area contributed by atoms with Gasteiger partial charge in [0.15, 0.2) is 0 Å². The molecule has 1 saturated heterocycles. The van der Waals surface area contributed by atoms with E-state index in [1.165, 1.54) is 0 Å². The Bertz CT molecular complexity index is 449. The Morgan fingerprint density at radius 3 is 3.05 bits per heavy atom. The molecule has 1 N–H and O–H groups in total. The van der Waals surface area contributed by atoms with E-state index in [9.17, 15) is 4.79 Å². The van der Waals surface area contributed by atoms with E-state index in [2.05, 4.69) is 10.3 Å². The van der Waals surface area contributed by atoms with E-state index in [1.54, 1.807) is 6.20 Å². The summed E-state index contributed by atoms with van der Waals surface area (Å²) in [7, 11) is 1.96. The molecule has 1 atom stereocenters. The summed E-state index contributed by atoms with van der Waals surface area (Å²) in [5.74, 6) is 1.07. The van der Waals surface area contributed by atoms with Crippen LogP contribution < -0.4 is 5.32 Å². The number of amides is 1. The minimum absolute atomic E-state index is 0.144. The fourth-order valence-electron chi connectivity index (χ4n) is 2.40. The van der Waals surface area contributed by atoms with Crippen LogP contribution in [0.3, 0.4) is 0 Å². The molecule has 6 nitrogen and oxygen atoms in total. The molecule has 0 bridgehead atoms. The first-order chi connectivity index (χ1) is 9.25. The van der Waals surface area contributed by atoms with Gasteiger partial charge >= 0.3 is 0 Å². The Hall–Kier alpha value is -1.40. The predicted molar refractivity (Wildman–Crippen MR) is 69.4 cm³/mol. The van der Waals surface area contributed by atoms with Crippen molar-refractivity contribution in [1.82, 2.24) is 19.8 Å². The van der Waals surface area contributed by atoms with Gasteiger partial charge in [-0.2, -0.15) is 0 Å². The fourth-order valence-corrected chi connectivity index (χ4v) is 2.40. The van der Waals surface area contributed by atoms with Crippen LogP contribution in [0.2, 0.25) is 0 Å². The number of nitrogens with zero attached hydrogens (tertiary/aromatic N) is 3. The number of aromatic nitrogens is 2. The lowest BCUT2D eigenvalue weighted by atomic mass is 10.2. The average Bonchev–Trinajstić information content (AvgIpc) is 3.20. The van der Waals surface area contributed by atoms with Crippen LogP contribution in [0.4, 0.5) is 0 Å². The normalized spacial score (nSPS) is 23.3. The molecule has 1 aliphatic heterocycles. The molecule has 104 valence electrons. The van der Waals surface area contributed by atoms with Crippen LogP contribution in [-0.4, -0.2) is 52.2 Å². The van der Waals surface area contributed by atoms with Crippen LogP contribution in [0.15, 0.2) is 12.4 Å². The lowest BCUT2D eigenvalue weighted by molar-refractivity contribution is -0.137. The number of rotatable bonds is 4. The van der Waals surface area contributed by atoms with E-state index in [0.29, 0.717) is 25.8 Å². The Kier molecular flexibility index (Phi) is 3.52. The molecule has 0 radical (unpaired) electrons. The second-order valence-corrected chi connectivity index (χ2v) is 5.23. The Balaban J connectivity index is 1.70. The van der Waals surface area contributed by atoms with Gasteiger partial charge in [-0.15, -0.1) is 0 Å². The SMILES string of the molecule is Cn1ccnc1CN(C(=O)C1COCCN1)C1CC1. The highest BCUT2D eigenvalue weighted by Crippen LogP contribution is 2.28. The number of carbonyl (C=O) groups is 1. The molecular weight excluding hydrogens is 244 g/mol. The first kappa shape index (κ1) is 12.6. The van der Waals surface area contributed by atoms with Gasteiger partial charge in [0.2, 0.25) is 5.91 Å². The summed E-state index contributed by atoms with van der Waals surface area (Å²) in [5.41, 5.74) is 0. The van der Waals surface area contributed by atoms with Crippen molar-refractivity contribution in [2.75, 3.05) is 19.8 Å². The van der Waals surface area contributed by atoms with E-state index in [-0.39, 0.29) is 11.9 Å². The van der Waals surface area contributed by atoms with Crippen molar-refractivity contribution < 1.29 is 9.53 Å². The number of ether oxygens (including phenoxy) is 1. The molecule has 2 fully saturated rings. The lowest BCUT2D eigenvalue weighted by Gasteiger charge is -2.30. The zero-order valence-corrected chi connectivity index (χ0v) is 11.2. The van der Waals surface area contributed by atoms with Crippen molar-refractivity contribution in [2.45, 2.75) is 31.5 Å². The third-order valence-corrected chi connectivity index (χ3v) is 3.72. The highest BCUT2D eigenvalue weighted by atomic mass is 16.5. The van der Waals surface area contributed by atoms with Crippen molar-refractivity contribution in [1.29, 1.82) is 0 Å². The molecule has 1 aliphatic carbocycles. The first-order valence-electron chi connectivity index (χ1n) is 6.83. The number of aryl methyl sites for hydroxylation is 1. The number of nitrogens with one attached hydrogen (secondary N) is 1. The highest BCUT2D eigenvalue weighted by Gasteiger charge is 2.36. The molecule has 1 saturated carbocycles. The van der Waals surface area contributed by atoms with Crippen molar-refractivity contribution in [3.8, 4) is 0 Å². The van der Waals surface area contributed by atoms with Crippen molar-refractivity contribution in [3.63, 3.8) is 0 Å². The monoisotopic (exact) mass is 264 g/mol. The van der Waals surface area contributed by atoms with Crippen LogP contribution in [0.25, 0.3) is 0 Å². The topological polar surface area (TPSA) is 59.4 Å². The summed E-state index contributed by atoms with van der Waals surface area (Å²) in [6.45, 7) is 2.50. The molecule has 1 unspecified atom stereocenters. The van der Waals surface area contributed by atoms with E-state index < -0.39 is 0 Å². The average molecular weight is 264 g/mol. The van der Waals surface area contributed by atoms with Gasteiger partial charge in [-0.25, -0.2) is 4.98 Å². The molecule has 19 heavy (non-hydrogen) atoms. The maximum absolute atomic E-state index is 12.6. The van der Waals surface area contributed by atoms with Gasteiger partial charge in [-0.05, 0) is 12.8 Å². The van der Waals surface area contributed by atoms with Gasteiger partial charge in [-0.1, -0.05) is 0 Å². The van der Waals surface area contributed by atoms with Gasteiger partial charge in [0.25, 0.3) is 0 Å². The maximum Gasteiger partial charge on any atom is 0.242 e. The van der Waals surface area contributed by atoms with Crippen LogP contribution >= 0.6 is 0 Å².